The van der Waals surface area contributed by atoms with Crippen molar-refractivity contribution in [3.8, 4) is 0 Å². The number of carbonyl (C=O) groups excluding carboxylic acids is 1. The highest BCUT2D eigenvalue weighted by Crippen LogP contribution is 2.25. The van der Waals surface area contributed by atoms with Crippen LogP contribution in [0.3, 0.4) is 0 Å². The van der Waals surface area contributed by atoms with Gasteiger partial charge in [0.2, 0.25) is 10.0 Å². The van der Waals surface area contributed by atoms with Gasteiger partial charge in [0.15, 0.2) is 0 Å². The Balaban J connectivity index is 1.84. The third-order valence-electron chi connectivity index (χ3n) is 4.52. The molecule has 0 saturated carbocycles. The summed E-state index contributed by atoms with van der Waals surface area (Å²) in [6.45, 7) is 6.16. The van der Waals surface area contributed by atoms with Gasteiger partial charge in [0.25, 0.3) is 5.91 Å². The molecule has 1 amide bonds. The van der Waals surface area contributed by atoms with Crippen LogP contribution in [0.25, 0.3) is 0 Å². The number of furan rings is 1. The molecule has 26 heavy (non-hydrogen) atoms. The van der Waals surface area contributed by atoms with Crippen LogP contribution in [0.1, 0.15) is 46.8 Å². The monoisotopic (exact) mass is 380 g/mol. The summed E-state index contributed by atoms with van der Waals surface area (Å²) < 4.78 is 45.6. The van der Waals surface area contributed by atoms with Crippen LogP contribution in [0.4, 0.5) is 4.39 Å². The fourth-order valence-electron chi connectivity index (χ4n) is 2.95. The second-order valence-electron chi connectivity index (χ2n) is 6.47. The zero-order valence-corrected chi connectivity index (χ0v) is 15.7. The zero-order chi connectivity index (χ0) is 19.1. The molecule has 8 heteroatoms. The molecular formula is C18H21FN2O4S. The van der Waals surface area contributed by atoms with E-state index < -0.39 is 26.6 Å². The number of aryl methyl sites for hydroxylation is 2. The normalized spacial score (nSPS) is 16.2. The van der Waals surface area contributed by atoms with Crippen molar-refractivity contribution in [1.82, 2.24) is 9.62 Å². The second-order valence-corrected chi connectivity index (χ2v) is 8.37. The lowest BCUT2D eigenvalue weighted by atomic mass is 10.1. The highest BCUT2D eigenvalue weighted by atomic mass is 32.2. The van der Waals surface area contributed by atoms with Gasteiger partial charge >= 0.3 is 0 Å². The average molecular weight is 380 g/mol. The van der Waals surface area contributed by atoms with Crippen LogP contribution in [-0.2, 0) is 10.0 Å². The van der Waals surface area contributed by atoms with Crippen LogP contribution in [0.15, 0.2) is 33.6 Å². The number of carbonyl (C=O) groups is 1. The molecule has 3 rings (SSSR count). The van der Waals surface area contributed by atoms with Crippen molar-refractivity contribution in [3.05, 3.63) is 52.7 Å². The molecule has 1 aliphatic heterocycles. The van der Waals surface area contributed by atoms with E-state index in [1.54, 1.807) is 13.8 Å². The Kier molecular flexibility index (Phi) is 4.90. The molecule has 1 N–H and O–H groups in total. The molecule has 1 aromatic carbocycles. The van der Waals surface area contributed by atoms with Crippen molar-refractivity contribution in [1.29, 1.82) is 0 Å². The number of amides is 1. The van der Waals surface area contributed by atoms with Gasteiger partial charge < -0.3 is 9.73 Å². The van der Waals surface area contributed by atoms with Crippen molar-refractivity contribution in [3.63, 3.8) is 0 Å². The highest BCUT2D eigenvalue weighted by Gasteiger charge is 2.32. The molecular weight excluding hydrogens is 359 g/mol. The molecule has 0 spiro atoms. The molecule has 2 aromatic rings. The van der Waals surface area contributed by atoms with Crippen LogP contribution in [0, 0.1) is 19.7 Å². The van der Waals surface area contributed by atoms with E-state index in [4.69, 9.17) is 4.42 Å². The summed E-state index contributed by atoms with van der Waals surface area (Å²) in [5.74, 6) is 0.109. The molecule has 0 bridgehead atoms. The SMILES string of the molecule is Cc1cc([C@H](C)NC(=O)c2ccc(F)c(S(=O)(=O)N3CCC3)c2)c(C)o1. The fraction of sp³-hybridized carbons (Fsp3) is 0.389. The number of nitrogens with one attached hydrogen (secondary N) is 1. The van der Waals surface area contributed by atoms with Crippen LogP contribution >= 0.6 is 0 Å². The largest absolute Gasteiger partial charge is 0.466 e. The Hall–Kier alpha value is -2.19. The van der Waals surface area contributed by atoms with Gasteiger partial charge in [-0.15, -0.1) is 0 Å². The lowest BCUT2D eigenvalue weighted by Crippen LogP contribution is -2.42. The van der Waals surface area contributed by atoms with Crippen molar-refractivity contribution in [2.24, 2.45) is 0 Å². The molecule has 1 aliphatic rings. The summed E-state index contributed by atoms with van der Waals surface area (Å²) in [7, 11) is -3.91. The molecule has 6 nitrogen and oxygen atoms in total. The first-order valence-corrected chi connectivity index (χ1v) is 9.81. The Morgan fingerprint density at radius 1 is 1.27 bits per heavy atom. The Morgan fingerprint density at radius 2 is 1.96 bits per heavy atom. The van der Waals surface area contributed by atoms with E-state index in [1.165, 1.54) is 10.4 Å². The number of benzene rings is 1. The predicted molar refractivity (Wildman–Crippen MR) is 93.8 cm³/mol. The maximum absolute atomic E-state index is 14.1. The number of nitrogens with zero attached hydrogens (tertiary/aromatic N) is 1. The van der Waals surface area contributed by atoms with Crippen LogP contribution in [0.5, 0.6) is 0 Å². The van der Waals surface area contributed by atoms with Crippen molar-refractivity contribution < 1.29 is 22.0 Å². The van der Waals surface area contributed by atoms with Gasteiger partial charge in [-0.1, -0.05) is 0 Å². The van der Waals surface area contributed by atoms with Crippen molar-refractivity contribution in [2.75, 3.05) is 13.1 Å². The van der Waals surface area contributed by atoms with Gasteiger partial charge in [0, 0.05) is 24.2 Å². The molecule has 2 heterocycles. The number of sulfonamides is 1. The van der Waals surface area contributed by atoms with Gasteiger partial charge in [-0.3, -0.25) is 4.79 Å². The van der Waals surface area contributed by atoms with E-state index in [0.717, 1.165) is 29.9 Å². The number of hydrogen-bond donors (Lipinski definition) is 1. The molecule has 140 valence electrons. The fourth-order valence-corrected chi connectivity index (χ4v) is 4.55. The minimum Gasteiger partial charge on any atom is -0.466 e. The molecule has 0 aliphatic carbocycles. The van der Waals surface area contributed by atoms with E-state index in [2.05, 4.69) is 5.32 Å². The zero-order valence-electron chi connectivity index (χ0n) is 14.9. The predicted octanol–water partition coefficient (Wildman–Crippen LogP) is 2.92. The van der Waals surface area contributed by atoms with Gasteiger partial charge in [-0.2, -0.15) is 4.31 Å². The minimum atomic E-state index is -3.91. The Bertz CT molecular complexity index is 948. The molecule has 0 unspecified atom stereocenters. The summed E-state index contributed by atoms with van der Waals surface area (Å²) in [5.41, 5.74) is 0.932. The first-order valence-electron chi connectivity index (χ1n) is 8.37. The Labute approximate surface area is 152 Å². The average Bonchev–Trinajstić information content (AvgIpc) is 2.83. The van der Waals surface area contributed by atoms with Gasteiger partial charge in [0.05, 0.1) is 6.04 Å². The summed E-state index contributed by atoms with van der Waals surface area (Å²) in [4.78, 5) is 12.1. The summed E-state index contributed by atoms with van der Waals surface area (Å²) >= 11 is 0. The van der Waals surface area contributed by atoms with Crippen LogP contribution in [0.2, 0.25) is 0 Å². The molecule has 1 saturated heterocycles. The third-order valence-corrected chi connectivity index (χ3v) is 6.43. The third kappa shape index (κ3) is 3.39. The van der Waals surface area contributed by atoms with Gasteiger partial charge in [-0.25, -0.2) is 12.8 Å². The van der Waals surface area contributed by atoms with E-state index >= 15 is 0 Å². The summed E-state index contributed by atoms with van der Waals surface area (Å²) in [6, 6.07) is 4.89. The number of halogens is 1. The highest BCUT2D eigenvalue weighted by molar-refractivity contribution is 7.89. The van der Waals surface area contributed by atoms with E-state index in [1.807, 2.05) is 13.0 Å². The van der Waals surface area contributed by atoms with Crippen LogP contribution in [-0.4, -0.2) is 31.7 Å². The minimum absolute atomic E-state index is 0.0928. The van der Waals surface area contributed by atoms with E-state index in [0.29, 0.717) is 18.8 Å². The number of rotatable bonds is 5. The molecule has 0 radical (unpaired) electrons. The molecule has 1 aromatic heterocycles. The summed E-state index contributed by atoms with van der Waals surface area (Å²) in [6.07, 6.45) is 0.752. The maximum atomic E-state index is 14.1. The summed E-state index contributed by atoms with van der Waals surface area (Å²) in [5, 5.41) is 2.79. The van der Waals surface area contributed by atoms with E-state index in [9.17, 15) is 17.6 Å². The molecule has 1 atom stereocenters. The topological polar surface area (TPSA) is 79.6 Å². The lowest BCUT2D eigenvalue weighted by molar-refractivity contribution is 0.0939. The first-order chi connectivity index (χ1) is 12.2. The van der Waals surface area contributed by atoms with Gasteiger partial charge in [0.1, 0.15) is 22.2 Å². The lowest BCUT2D eigenvalue weighted by Gasteiger charge is -2.29. The van der Waals surface area contributed by atoms with Gasteiger partial charge in [-0.05, 0) is 51.5 Å². The number of hydrogen-bond acceptors (Lipinski definition) is 4. The second kappa shape index (κ2) is 6.85. The van der Waals surface area contributed by atoms with Crippen LogP contribution < -0.4 is 5.32 Å². The quantitative estimate of drug-likeness (QED) is 0.865. The van der Waals surface area contributed by atoms with Crippen molar-refractivity contribution in [2.45, 2.75) is 38.1 Å². The van der Waals surface area contributed by atoms with E-state index in [-0.39, 0.29) is 11.6 Å². The molecule has 1 fully saturated rings. The Morgan fingerprint density at radius 3 is 2.50 bits per heavy atom. The first kappa shape index (κ1) is 18.6. The van der Waals surface area contributed by atoms with Crippen molar-refractivity contribution >= 4 is 15.9 Å². The maximum Gasteiger partial charge on any atom is 0.251 e. The smallest absolute Gasteiger partial charge is 0.251 e. The standard InChI is InChI=1S/C18H21FN2O4S/c1-11-9-15(13(3)25-11)12(2)20-18(22)14-5-6-16(19)17(10-14)26(23,24)21-7-4-8-21/h5-6,9-10,12H,4,7-8H2,1-3H3,(H,20,22)/t12-/m0/s1.